The first kappa shape index (κ1) is 19.3. The number of rotatable bonds is 4. The highest BCUT2D eigenvalue weighted by atomic mass is 35.5. The Bertz CT molecular complexity index is 856. The molecule has 2 saturated heterocycles. The SMILES string of the molecule is O=C([C@@H]1CSCN1C(=O)CCN1C(=O)c2ccc(Cl)cc2C1=O)N1CCCC1. The van der Waals surface area contributed by atoms with Gasteiger partial charge in [0.2, 0.25) is 11.8 Å². The van der Waals surface area contributed by atoms with Crippen molar-refractivity contribution >= 4 is 47.0 Å². The molecular formula is C19H20ClN3O4S. The number of benzene rings is 1. The largest absolute Gasteiger partial charge is 0.341 e. The number of carbonyl (C=O) groups is 4. The van der Waals surface area contributed by atoms with E-state index in [-0.39, 0.29) is 30.3 Å². The highest BCUT2D eigenvalue weighted by Gasteiger charge is 2.39. The second kappa shape index (κ2) is 7.75. The number of thioether (sulfide) groups is 1. The summed E-state index contributed by atoms with van der Waals surface area (Å²) in [6, 6.07) is 4.12. The van der Waals surface area contributed by atoms with Gasteiger partial charge in [-0.15, -0.1) is 11.8 Å². The predicted octanol–water partition coefficient (Wildman–Crippen LogP) is 1.85. The predicted molar refractivity (Wildman–Crippen MR) is 105 cm³/mol. The lowest BCUT2D eigenvalue weighted by molar-refractivity contribution is -0.142. The number of carbonyl (C=O) groups excluding carboxylic acids is 4. The fourth-order valence-electron chi connectivity index (χ4n) is 3.86. The molecule has 0 aromatic heterocycles. The molecule has 3 heterocycles. The Kier molecular flexibility index (Phi) is 5.33. The van der Waals surface area contributed by atoms with Gasteiger partial charge in [-0.3, -0.25) is 24.1 Å². The third-order valence-corrected chi connectivity index (χ3v) is 6.63. The summed E-state index contributed by atoms with van der Waals surface area (Å²) >= 11 is 7.47. The topological polar surface area (TPSA) is 78.0 Å². The van der Waals surface area contributed by atoms with E-state index >= 15 is 0 Å². The summed E-state index contributed by atoms with van der Waals surface area (Å²) in [5.41, 5.74) is 0.574. The van der Waals surface area contributed by atoms with Crippen molar-refractivity contribution in [2.24, 2.45) is 0 Å². The van der Waals surface area contributed by atoms with Crippen molar-refractivity contribution in [2.45, 2.75) is 25.3 Å². The Balaban J connectivity index is 1.39. The number of nitrogens with zero attached hydrogens (tertiary/aromatic N) is 3. The highest BCUT2D eigenvalue weighted by molar-refractivity contribution is 7.99. The van der Waals surface area contributed by atoms with E-state index in [2.05, 4.69) is 0 Å². The van der Waals surface area contributed by atoms with Gasteiger partial charge in [0, 0.05) is 36.8 Å². The first-order chi connectivity index (χ1) is 13.5. The van der Waals surface area contributed by atoms with Gasteiger partial charge in [0.05, 0.1) is 17.0 Å². The summed E-state index contributed by atoms with van der Waals surface area (Å²) in [4.78, 5) is 54.9. The molecule has 2 fully saturated rings. The van der Waals surface area contributed by atoms with Crippen LogP contribution in [0, 0.1) is 0 Å². The lowest BCUT2D eigenvalue weighted by atomic mass is 10.1. The number of fused-ring (bicyclic) bond motifs is 1. The van der Waals surface area contributed by atoms with Gasteiger partial charge >= 0.3 is 0 Å². The smallest absolute Gasteiger partial charge is 0.261 e. The maximum atomic E-state index is 12.7. The van der Waals surface area contributed by atoms with Gasteiger partial charge in [-0.05, 0) is 31.0 Å². The van der Waals surface area contributed by atoms with E-state index < -0.39 is 17.9 Å². The molecule has 0 saturated carbocycles. The zero-order valence-electron chi connectivity index (χ0n) is 15.2. The molecule has 0 N–H and O–H groups in total. The van der Waals surface area contributed by atoms with E-state index in [1.165, 1.54) is 12.1 Å². The summed E-state index contributed by atoms with van der Waals surface area (Å²) in [6.07, 6.45) is 2.01. The molecule has 3 aliphatic rings. The van der Waals surface area contributed by atoms with Crippen molar-refractivity contribution < 1.29 is 19.2 Å². The molecule has 148 valence electrons. The Morgan fingerprint density at radius 2 is 1.82 bits per heavy atom. The summed E-state index contributed by atoms with van der Waals surface area (Å²) in [5.74, 6) is -0.00275. The third-order valence-electron chi connectivity index (χ3n) is 5.39. The average Bonchev–Trinajstić information content (AvgIpc) is 3.42. The number of hydrogen-bond donors (Lipinski definition) is 0. The molecule has 0 unspecified atom stereocenters. The van der Waals surface area contributed by atoms with E-state index in [1.54, 1.807) is 22.7 Å². The molecule has 4 rings (SSSR count). The average molecular weight is 422 g/mol. The Labute approximate surface area is 172 Å². The minimum atomic E-state index is -0.448. The second-order valence-electron chi connectivity index (χ2n) is 7.11. The van der Waals surface area contributed by atoms with Crippen molar-refractivity contribution in [3.05, 3.63) is 34.3 Å². The van der Waals surface area contributed by atoms with Crippen LogP contribution < -0.4 is 0 Å². The zero-order valence-corrected chi connectivity index (χ0v) is 16.8. The van der Waals surface area contributed by atoms with Gasteiger partial charge in [-0.1, -0.05) is 11.6 Å². The van der Waals surface area contributed by atoms with Crippen LogP contribution >= 0.6 is 23.4 Å². The van der Waals surface area contributed by atoms with Crippen LogP contribution in [0.25, 0.3) is 0 Å². The Morgan fingerprint density at radius 3 is 2.57 bits per heavy atom. The molecule has 0 radical (unpaired) electrons. The molecule has 0 aliphatic carbocycles. The molecular weight excluding hydrogens is 402 g/mol. The van der Waals surface area contributed by atoms with E-state index in [9.17, 15) is 19.2 Å². The Hall–Kier alpha value is -2.06. The van der Waals surface area contributed by atoms with Crippen molar-refractivity contribution in [2.75, 3.05) is 31.3 Å². The van der Waals surface area contributed by atoms with E-state index in [0.717, 1.165) is 30.8 Å². The fraction of sp³-hybridized carbons (Fsp3) is 0.474. The van der Waals surface area contributed by atoms with Crippen molar-refractivity contribution in [3.63, 3.8) is 0 Å². The molecule has 0 spiro atoms. The highest BCUT2D eigenvalue weighted by Crippen LogP contribution is 2.27. The molecule has 0 bridgehead atoms. The van der Waals surface area contributed by atoms with Crippen LogP contribution in [0.3, 0.4) is 0 Å². The maximum absolute atomic E-state index is 12.7. The van der Waals surface area contributed by atoms with Crippen LogP contribution in [0.4, 0.5) is 0 Å². The van der Waals surface area contributed by atoms with Crippen molar-refractivity contribution in [3.8, 4) is 0 Å². The van der Waals surface area contributed by atoms with E-state index in [1.807, 2.05) is 4.90 Å². The van der Waals surface area contributed by atoms with Crippen LogP contribution in [-0.2, 0) is 9.59 Å². The van der Waals surface area contributed by atoms with E-state index in [4.69, 9.17) is 11.6 Å². The number of halogens is 1. The van der Waals surface area contributed by atoms with Gasteiger partial charge in [0.25, 0.3) is 11.8 Å². The summed E-state index contributed by atoms with van der Waals surface area (Å²) < 4.78 is 0. The van der Waals surface area contributed by atoms with Gasteiger partial charge < -0.3 is 9.80 Å². The van der Waals surface area contributed by atoms with Gasteiger partial charge in [0.1, 0.15) is 6.04 Å². The summed E-state index contributed by atoms with van der Waals surface area (Å²) in [7, 11) is 0. The maximum Gasteiger partial charge on any atom is 0.261 e. The van der Waals surface area contributed by atoms with Crippen LogP contribution in [0.2, 0.25) is 5.02 Å². The van der Waals surface area contributed by atoms with Crippen LogP contribution in [0.5, 0.6) is 0 Å². The van der Waals surface area contributed by atoms with Gasteiger partial charge in [-0.2, -0.15) is 0 Å². The van der Waals surface area contributed by atoms with Crippen LogP contribution in [-0.4, -0.2) is 75.6 Å². The lowest BCUT2D eigenvalue weighted by Crippen LogP contribution is -2.48. The lowest BCUT2D eigenvalue weighted by Gasteiger charge is -2.27. The number of imide groups is 1. The van der Waals surface area contributed by atoms with Gasteiger partial charge in [0.15, 0.2) is 0 Å². The molecule has 1 atom stereocenters. The summed E-state index contributed by atoms with van der Waals surface area (Å²) in [6.45, 7) is 1.49. The number of amides is 4. The molecule has 4 amide bonds. The molecule has 28 heavy (non-hydrogen) atoms. The number of likely N-dealkylation sites (tertiary alicyclic amines) is 1. The third kappa shape index (κ3) is 3.39. The molecule has 7 nitrogen and oxygen atoms in total. The van der Waals surface area contributed by atoms with E-state index in [0.29, 0.717) is 22.2 Å². The molecule has 1 aromatic rings. The molecule has 9 heteroatoms. The second-order valence-corrected chi connectivity index (χ2v) is 8.55. The minimum Gasteiger partial charge on any atom is -0.341 e. The Morgan fingerprint density at radius 1 is 1.11 bits per heavy atom. The minimum absolute atomic E-state index is 0.00351. The van der Waals surface area contributed by atoms with Crippen molar-refractivity contribution in [1.82, 2.24) is 14.7 Å². The molecule has 1 aromatic carbocycles. The normalized spacial score (nSPS) is 21.6. The van der Waals surface area contributed by atoms with Gasteiger partial charge in [-0.25, -0.2) is 0 Å². The summed E-state index contributed by atoms with van der Waals surface area (Å²) in [5, 5.41) is 0.384. The standard InChI is InChI=1S/C19H20ClN3O4S/c20-12-3-4-13-14(9-12)18(26)22(17(13)25)8-5-16(24)23-11-28-10-15(23)19(27)21-6-1-2-7-21/h3-4,9,15H,1-2,5-8,10-11H2/t15-/m0/s1. The van der Waals surface area contributed by atoms with Crippen LogP contribution in [0.1, 0.15) is 40.0 Å². The quantitative estimate of drug-likeness (QED) is 0.693. The first-order valence-electron chi connectivity index (χ1n) is 9.29. The molecule has 3 aliphatic heterocycles. The first-order valence-corrected chi connectivity index (χ1v) is 10.8. The monoisotopic (exact) mass is 421 g/mol. The van der Waals surface area contributed by atoms with Crippen LogP contribution in [0.15, 0.2) is 18.2 Å². The van der Waals surface area contributed by atoms with Crippen molar-refractivity contribution in [1.29, 1.82) is 0 Å². The zero-order chi connectivity index (χ0) is 19.8. The number of hydrogen-bond acceptors (Lipinski definition) is 5. The fourth-order valence-corrected chi connectivity index (χ4v) is 5.20.